The average molecular weight is 1420 g/mol. The lowest BCUT2D eigenvalue weighted by molar-refractivity contribution is -0.163. The number of carbonyl (C=O) groups is 14. The molecule has 0 saturated carbocycles. The highest BCUT2D eigenvalue weighted by molar-refractivity contribution is 7.85. The molecule has 0 spiro atoms. The van der Waals surface area contributed by atoms with E-state index in [4.69, 9.17) is 4.74 Å². The van der Waals surface area contributed by atoms with Crippen molar-refractivity contribution in [3.8, 4) is 0 Å². The summed E-state index contributed by atoms with van der Waals surface area (Å²) in [5.74, 6) is -13.2. The molecule has 1 heterocycles. The van der Waals surface area contributed by atoms with E-state index in [1.807, 2.05) is 34.6 Å². The highest BCUT2D eigenvalue weighted by Gasteiger charge is 2.43. The van der Waals surface area contributed by atoms with Crippen LogP contribution in [0.15, 0.2) is 0 Å². The lowest BCUT2D eigenvalue weighted by Crippen LogP contribution is -2.61. The van der Waals surface area contributed by atoms with Crippen LogP contribution in [0, 0.1) is 47.3 Å². The maximum atomic E-state index is 14.8. The standard InChI is InChI=1S/C69H123N13O16S/c1-25-43(15)58-63(90)72-32-29-52(85)75-55(41(11)12)67(94)80(21)57(42(13)14)68(95)78(19)45(17)60(87)70-30-27-50(83)74-48(34-38(5)6)65(92)82(23)59(44(16)26-2)69(96)98-46(18)56(62(89)71-31-28-51(84)73-47(33-37(3)4)64(91)81(58)22)77-61(88)49(35-39(7)8)79(20)66(93)54(40(9)10)76-53(86)36-99(24)97/h37-49,54-59H,25-36H2,1-24H3,(H,70,87)(H,71,89)(H,72,90)(H,73,84)(H,74,83)(H,75,85)(H,76,86)(H,77,88)/t43-,44-,45-,46+,47+,48+,49+,54-,55+,56-,57-,58-,59+,99?/m0/s1. The number of hydrogen-bond donors (Lipinski definition) is 8. The van der Waals surface area contributed by atoms with E-state index in [1.165, 1.54) is 70.0 Å². The van der Waals surface area contributed by atoms with Crippen LogP contribution in [0.5, 0.6) is 0 Å². The number of esters is 1. The lowest BCUT2D eigenvalue weighted by atomic mass is 9.95. The molecule has 1 unspecified atom stereocenters. The Morgan fingerprint density at radius 2 is 1.00 bits per heavy atom. The fourth-order valence-electron chi connectivity index (χ4n) is 11.7. The predicted molar refractivity (Wildman–Crippen MR) is 377 cm³/mol. The Morgan fingerprint density at radius 1 is 0.566 bits per heavy atom. The summed E-state index contributed by atoms with van der Waals surface area (Å²) in [4.78, 5) is 205. The molecule has 0 aromatic heterocycles. The van der Waals surface area contributed by atoms with E-state index in [0.717, 1.165) is 9.80 Å². The number of ether oxygens (including phenoxy) is 1. The summed E-state index contributed by atoms with van der Waals surface area (Å²) in [6.45, 7) is 30.3. The third-order valence-electron chi connectivity index (χ3n) is 18.0. The molecule has 0 aromatic rings. The summed E-state index contributed by atoms with van der Waals surface area (Å²) in [6.07, 6.45) is -0.204. The van der Waals surface area contributed by atoms with Gasteiger partial charge in [0.05, 0.1) is 0 Å². The molecule has 29 nitrogen and oxygen atoms in total. The number of carbonyl (C=O) groups excluding carboxylic acids is 14. The quantitative estimate of drug-likeness (QED) is 0.0803. The van der Waals surface area contributed by atoms with Crippen LogP contribution in [0.2, 0.25) is 0 Å². The zero-order valence-corrected chi connectivity index (χ0v) is 64.4. The molecule has 0 aliphatic carbocycles. The summed E-state index contributed by atoms with van der Waals surface area (Å²) < 4.78 is 18.1. The Labute approximate surface area is 590 Å². The maximum absolute atomic E-state index is 14.8. The maximum Gasteiger partial charge on any atom is 0.329 e. The molecule has 1 saturated heterocycles. The molecule has 566 valence electrons. The van der Waals surface area contributed by atoms with Gasteiger partial charge in [0.1, 0.15) is 72.3 Å². The second kappa shape index (κ2) is 42.7. The molecule has 14 atom stereocenters. The number of hydrogen-bond acceptors (Lipinski definition) is 16. The highest BCUT2D eigenvalue weighted by atomic mass is 32.2. The topological polar surface area (TPSA) is 378 Å². The van der Waals surface area contributed by atoms with Crippen molar-refractivity contribution in [2.45, 2.75) is 243 Å². The normalized spacial score (nSPS) is 24.9. The van der Waals surface area contributed by atoms with Crippen molar-refractivity contribution >= 4 is 93.6 Å². The van der Waals surface area contributed by atoms with Crippen LogP contribution in [0.3, 0.4) is 0 Å². The Morgan fingerprint density at radius 3 is 1.42 bits per heavy atom. The number of nitrogens with one attached hydrogen (secondary N) is 8. The molecule has 13 amide bonds. The number of rotatable bonds is 20. The third kappa shape index (κ3) is 28.4. The Balaban J connectivity index is 4.17. The van der Waals surface area contributed by atoms with E-state index in [9.17, 15) is 71.3 Å². The second-order valence-electron chi connectivity index (χ2n) is 29.0. The second-order valence-corrected chi connectivity index (χ2v) is 30.4. The third-order valence-corrected chi connectivity index (χ3v) is 18.7. The van der Waals surface area contributed by atoms with Crippen molar-refractivity contribution in [1.82, 2.24) is 67.0 Å². The average Bonchev–Trinajstić information content (AvgIpc) is 0.842. The Bertz CT molecular complexity index is 2800. The lowest BCUT2D eigenvalue weighted by Gasteiger charge is -2.37. The van der Waals surface area contributed by atoms with Gasteiger partial charge in [-0.1, -0.05) is 124 Å². The molecule has 0 aromatic carbocycles. The van der Waals surface area contributed by atoms with Gasteiger partial charge in [-0.3, -0.25) is 66.5 Å². The van der Waals surface area contributed by atoms with Crippen LogP contribution in [0.4, 0.5) is 0 Å². The van der Waals surface area contributed by atoms with Crippen LogP contribution >= 0.6 is 0 Å². The first-order valence-corrected chi connectivity index (χ1v) is 36.8. The zero-order chi connectivity index (χ0) is 76.4. The number of amides is 13. The summed E-state index contributed by atoms with van der Waals surface area (Å²) in [5, 5.41) is 21.7. The summed E-state index contributed by atoms with van der Waals surface area (Å²) in [5.41, 5.74) is 0. The van der Waals surface area contributed by atoms with E-state index in [-0.39, 0.29) is 68.7 Å². The van der Waals surface area contributed by atoms with Gasteiger partial charge in [0.25, 0.3) is 0 Å². The highest BCUT2D eigenvalue weighted by Crippen LogP contribution is 2.23. The largest absolute Gasteiger partial charge is 0.458 e. The van der Waals surface area contributed by atoms with Crippen molar-refractivity contribution in [3.63, 3.8) is 0 Å². The zero-order valence-electron chi connectivity index (χ0n) is 63.6. The fourth-order valence-corrected chi connectivity index (χ4v) is 12.2. The molecule has 1 fully saturated rings. The van der Waals surface area contributed by atoms with E-state index in [0.29, 0.717) is 12.8 Å². The minimum Gasteiger partial charge on any atom is -0.458 e. The first kappa shape index (κ1) is 89.7. The van der Waals surface area contributed by atoms with E-state index >= 15 is 0 Å². The van der Waals surface area contributed by atoms with Gasteiger partial charge < -0.3 is 71.8 Å². The van der Waals surface area contributed by atoms with Gasteiger partial charge >= 0.3 is 5.97 Å². The molecule has 0 radical (unpaired) electrons. The molecule has 1 rings (SSSR count). The van der Waals surface area contributed by atoms with Crippen molar-refractivity contribution in [2.75, 3.05) is 66.9 Å². The smallest absolute Gasteiger partial charge is 0.329 e. The van der Waals surface area contributed by atoms with Gasteiger partial charge in [-0.05, 0) is 80.5 Å². The Kier molecular flexibility index (Phi) is 38.7. The molecular weight excluding hydrogens is 1300 g/mol. The van der Waals surface area contributed by atoms with Crippen molar-refractivity contribution < 1.29 is 76.1 Å². The van der Waals surface area contributed by atoms with Gasteiger partial charge in [0, 0.05) is 91.2 Å². The number of cyclic esters (lactones) is 1. The van der Waals surface area contributed by atoms with Crippen LogP contribution in [0.25, 0.3) is 0 Å². The van der Waals surface area contributed by atoms with Gasteiger partial charge in [-0.2, -0.15) is 0 Å². The first-order valence-electron chi connectivity index (χ1n) is 35.0. The molecular formula is C69H123N13O16S. The molecule has 1 aliphatic heterocycles. The van der Waals surface area contributed by atoms with Gasteiger partial charge in [-0.15, -0.1) is 0 Å². The van der Waals surface area contributed by atoms with Crippen molar-refractivity contribution in [3.05, 3.63) is 0 Å². The monoisotopic (exact) mass is 1420 g/mol. The summed E-state index contributed by atoms with van der Waals surface area (Å²) in [7, 11) is 5.47. The fraction of sp³-hybridized carbons (Fsp3) is 0.797. The van der Waals surface area contributed by atoms with Crippen LogP contribution < -0.4 is 42.5 Å². The van der Waals surface area contributed by atoms with Crippen LogP contribution in [0.1, 0.15) is 176 Å². The van der Waals surface area contributed by atoms with Gasteiger partial charge in [0.15, 0.2) is 0 Å². The number of likely N-dealkylation sites (N-methyl/N-ethyl adjacent to an activating group) is 5. The van der Waals surface area contributed by atoms with E-state index in [2.05, 4.69) is 42.5 Å². The number of nitrogens with zero attached hydrogens (tertiary/aromatic N) is 5. The molecule has 0 bridgehead atoms. The molecule has 99 heavy (non-hydrogen) atoms. The summed E-state index contributed by atoms with van der Waals surface area (Å²) >= 11 is 0. The molecule has 8 N–H and O–H groups in total. The molecule has 30 heteroatoms. The minimum absolute atomic E-state index is 0.0339. The van der Waals surface area contributed by atoms with E-state index < -0.39 is 203 Å². The predicted octanol–water partition coefficient (Wildman–Crippen LogP) is 1.61. The Hall–Kier alpha value is -7.27. The SMILES string of the molecule is CC[C@H](C)[C@H]1C(=O)NCCC(=O)N[C@H](C(C)C)C(=O)N(C)[C@@H](C(C)C)C(=O)N(C)[C@@H](C)C(=O)NCCC(=O)N[C@H](CC(C)C)C(=O)N(C)[C@H]([C@@H](C)CC)C(=O)O[C@H](C)[C@H](NC(=O)[C@@H](CC(C)C)N(C)C(=O)[C@@H](NC(=O)CS(C)=O)C(C)C)C(=O)NCCC(=O)N[C@H](CC(C)C)C(=O)N1C. The first-order chi connectivity index (χ1) is 45.9. The van der Waals surface area contributed by atoms with Crippen molar-refractivity contribution in [1.29, 1.82) is 0 Å². The molecule has 1 aliphatic rings. The summed E-state index contributed by atoms with van der Waals surface area (Å²) in [6, 6.07) is -12.4. The van der Waals surface area contributed by atoms with Gasteiger partial charge in [0.2, 0.25) is 76.8 Å². The van der Waals surface area contributed by atoms with E-state index in [1.54, 1.807) is 76.2 Å². The van der Waals surface area contributed by atoms with Crippen LogP contribution in [-0.2, 0) is 82.7 Å². The van der Waals surface area contributed by atoms with Crippen LogP contribution in [-0.4, -0.2) is 245 Å². The minimum atomic E-state index is -1.75. The van der Waals surface area contributed by atoms with Gasteiger partial charge in [-0.25, -0.2) is 4.79 Å². The van der Waals surface area contributed by atoms with Crippen molar-refractivity contribution in [2.24, 2.45) is 47.3 Å².